The van der Waals surface area contributed by atoms with Crippen molar-refractivity contribution in [2.75, 3.05) is 20.1 Å². The Labute approximate surface area is 191 Å². The van der Waals surface area contributed by atoms with Gasteiger partial charge < -0.3 is 10.2 Å². The van der Waals surface area contributed by atoms with Gasteiger partial charge in [0.25, 0.3) is 11.8 Å². The molecule has 1 saturated heterocycles. The summed E-state index contributed by atoms with van der Waals surface area (Å²) >= 11 is 0. The van der Waals surface area contributed by atoms with E-state index in [9.17, 15) is 14.4 Å². The topological polar surface area (TPSA) is 113 Å². The van der Waals surface area contributed by atoms with Gasteiger partial charge in [0.15, 0.2) is 11.5 Å². The zero-order valence-electron chi connectivity index (χ0n) is 19.1. The molecule has 3 aromatic rings. The van der Waals surface area contributed by atoms with Crippen LogP contribution >= 0.6 is 0 Å². The van der Waals surface area contributed by atoms with Crippen molar-refractivity contribution in [2.45, 2.75) is 45.6 Å². The van der Waals surface area contributed by atoms with Crippen LogP contribution in [0.3, 0.4) is 0 Å². The standard InChI is InChI=1S/C24H28N6O3/c1-14(2)30-21-16(13-26-30)11-24(12-19(21)31)6-8-29(9-7-24)23(33)15-4-5-18-17(10-15)20(28-27-18)22(32)25-3/h4-5,10,13-14H,6-9,11-12H2,1-3H3,(H,25,32)(H,27,28). The molecule has 2 aliphatic rings. The summed E-state index contributed by atoms with van der Waals surface area (Å²) in [6.45, 7) is 5.28. The lowest BCUT2D eigenvalue weighted by molar-refractivity contribution is 0.0517. The van der Waals surface area contributed by atoms with E-state index in [4.69, 9.17) is 0 Å². The van der Waals surface area contributed by atoms with Gasteiger partial charge in [-0.1, -0.05) is 0 Å². The van der Waals surface area contributed by atoms with E-state index in [0.717, 1.165) is 30.5 Å². The highest BCUT2D eigenvalue weighted by molar-refractivity contribution is 6.07. The lowest BCUT2D eigenvalue weighted by Crippen LogP contribution is -2.46. The van der Waals surface area contributed by atoms with Crippen molar-refractivity contribution in [3.05, 3.63) is 46.9 Å². The van der Waals surface area contributed by atoms with Gasteiger partial charge in [-0.15, -0.1) is 0 Å². The summed E-state index contributed by atoms with van der Waals surface area (Å²) in [4.78, 5) is 40.2. The fourth-order valence-electron chi connectivity index (χ4n) is 5.28. The average Bonchev–Trinajstić information content (AvgIpc) is 3.42. The average molecular weight is 449 g/mol. The van der Waals surface area contributed by atoms with E-state index in [0.29, 0.717) is 36.0 Å². The van der Waals surface area contributed by atoms with Gasteiger partial charge in [-0.2, -0.15) is 10.2 Å². The Bertz CT molecular complexity index is 1260. The maximum Gasteiger partial charge on any atom is 0.272 e. The highest BCUT2D eigenvalue weighted by atomic mass is 16.2. The third-order valence-corrected chi connectivity index (χ3v) is 7.09. The van der Waals surface area contributed by atoms with E-state index in [1.54, 1.807) is 25.2 Å². The van der Waals surface area contributed by atoms with Crippen LogP contribution in [0.2, 0.25) is 0 Å². The van der Waals surface area contributed by atoms with Crippen molar-refractivity contribution in [3.8, 4) is 0 Å². The lowest BCUT2D eigenvalue weighted by Gasteiger charge is -2.43. The van der Waals surface area contributed by atoms with Crippen LogP contribution in [0.5, 0.6) is 0 Å². The summed E-state index contributed by atoms with van der Waals surface area (Å²) < 4.78 is 1.84. The van der Waals surface area contributed by atoms with Crippen LogP contribution in [-0.2, 0) is 6.42 Å². The molecule has 33 heavy (non-hydrogen) atoms. The molecular weight excluding hydrogens is 420 g/mol. The first-order valence-electron chi connectivity index (χ1n) is 11.4. The molecule has 172 valence electrons. The Morgan fingerprint density at radius 2 is 1.94 bits per heavy atom. The molecular formula is C24H28N6O3. The number of aromatic amines is 1. The summed E-state index contributed by atoms with van der Waals surface area (Å²) in [6, 6.07) is 5.42. The van der Waals surface area contributed by atoms with Crippen molar-refractivity contribution >= 4 is 28.5 Å². The molecule has 2 amide bonds. The Morgan fingerprint density at radius 1 is 1.18 bits per heavy atom. The number of rotatable bonds is 3. The number of fused-ring (bicyclic) bond motifs is 2. The van der Waals surface area contributed by atoms with Gasteiger partial charge in [-0.25, -0.2) is 0 Å². The molecule has 0 atom stereocenters. The van der Waals surface area contributed by atoms with Gasteiger partial charge in [0.1, 0.15) is 5.69 Å². The summed E-state index contributed by atoms with van der Waals surface area (Å²) in [5, 5.41) is 14.6. The smallest absolute Gasteiger partial charge is 0.272 e. The predicted octanol–water partition coefficient (Wildman–Crippen LogP) is 2.75. The van der Waals surface area contributed by atoms with Crippen LogP contribution in [0.25, 0.3) is 10.9 Å². The van der Waals surface area contributed by atoms with Gasteiger partial charge in [0.05, 0.1) is 11.7 Å². The van der Waals surface area contributed by atoms with Gasteiger partial charge in [-0.3, -0.25) is 24.2 Å². The SMILES string of the molecule is CNC(=O)c1n[nH]c2ccc(C(=O)N3CCC4(CC3)CC(=O)c3c(cnn3C(C)C)C4)cc12. The second kappa shape index (κ2) is 7.83. The third kappa shape index (κ3) is 3.51. The Kier molecular flexibility index (Phi) is 5.07. The van der Waals surface area contributed by atoms with E-state index in [2.05, 4.69) is 20.6 Å². The first-order valence-corrected chi connectivity index (χ1v) is 11.4. The van der Waals surface area contributed by atoms with Crippen LogP contribution in [-0.4, -0.2) is 62.6 Å². The maximum atomic E-state index is 13.2. The molecule has 2 N–H and O–H groups in total. The zero-order chi connectivity index (χ0) is 23.3. The predicted molar refractivity (Wildman–Crippen MR) is 122 cm³/mol. The second-order valence-corrected chi connectivity index (χ2v) is 9.54. The molecule has 1 aliphatic carbocycles. The molecule has 0 unspecified atom stereocenters. The van der Waals surface area contributed by atoms with Crippen LogP contribution in [0, 0.1) is 5.41 Å². The Balaban J connectivity index is 1.33. The number of ketones is 1. The summed E-state index contributed by atoms with van der Waals surface area (Å²) in [7, 11) is 1.55. The van der Waals surface area contributed by atoms with Crippen LogP contribution in [0.15, 0.2) is 24.4 Å². The molecule has 2 aromatic heterocycles. The third-order valence-electron chi connectivity index (χ3n) is 7.09. The summed E-state index contributed by atoms with van der Waals surface area (Å²) in [5.41, 5.74) is 3.21. The van der Waals surface area contributed by atoms with Crippen LogP contribution in [0.1, 0.15) is 76.1 Å². The maximum absolute atomic E-state index is 13.2. The quantitative estimate of drug-likeness (QED) is 0.640. The first-order chi connectivity index (χ1) is 15.8. The molecule has 0 saturated carbocycles. The van der Waals surface area contributed by atoms with Crippen LogP contribution in [0.4, 0.5) is 0 Å². The van der Waals surface area contributed by atoms with Gasteiger partial charge in [0, 0.05) is 49.1 Å². The number of piperidine rings is 1. The normalized spacial score (nSPS) is 17.6. The number of Topliss-reactive ketones (excluding diaryl/α,β-unsaturated/α-hetero) is 1. The van der Waals surface area contributed by atoms with Crippen molar-refractivity contribution in [1.82, 2.24) is 30.2 Å². The number of carbonyl (C=O) groups excluding carboxylic acids is 3. The van der Waals surface area contributed by atoms with Crippen molar-refractivity contribution in [1.29, 1.82) is 0 Å². The number of benzene rings is 1. The minimum absolute atomic E-state index is 0.0636. The molecule has 1 aliphatic heterocycles. The van der Waals surface area contributed by atoms with Gasteiger partial charge >= 0.3 is 0 Å². The zero-order valence-corrected chi connectivity index (χ0v) is 19.1. The molecule has 1 spiro atoms. The van der Waals surface area contributed by atoms with E-state index in [1.165, 1.54) is 0 Å². The van der Waals surface area contributed by atoms with E-state index in [-0.39, 0.29) is 34.7 Å². The van der Waals surface area contributed by atoms with Crippen molar-refractivity contribution in [3.63, 3.8) is 0 Å². The van der Waals surface area contributed by atoms with Crippen LogP contribution < -0.4 is 5.32 Å². The first kappa shape index (κ1) is 21.4. The monoisotopic (exact) mass is 448 g/mol. The highest BCUT2D eigenvalue weighted by Crippen LogP contribution is 2.44. The van der Waals surface area contributed by atoms with E-state index >= 15 is 0 Å². The fraction of sp³-hybridized carbons (Fsp3) is 0.458. The minimum Gasteiger partial charge on any atom is -0.354 e. The minimum atomic E-state index is -0.298. The number of amides is 2. The number of nitrogens with zero attached hydrogens (tertiary/aromatic N) is 4. The Hall–Kier alpha value is -3.49. The number of H-pyrrole nitrogens is 1. The number of hydrogen-bond donors (Lipinski definition) is 2. The fourth-order valence-corrected chi connectivity index (χ4v) is 5.28. The molecule has 9 heteroatoms. The van der Waals surface area contributed by atoms with Crippen molar-refractivity contribution in [2.24, 2.45) is 5.41 Å². The molecule has 9 nitrogen and oxygen atoms in total. The highest BCUT2D eigenvalue weighted by Gasteiger charge is 2.43. The largest absolute Gasteiger partial charge is 0.354 e. The van der Waals surface area contributed by atoms with E-state index in [1.807, 2.05) is 29.6 Å². The summed E-state index contributed by atoms with van der Waals surface area (Å²) in [5.74, 6) is -0.200. The molecule has 5 rings (SSSR count). The number of hydrogen-bond acceptors (Lipinski definition) is 5. The van der Waals surface area contributed by atoms with Gasteiger partial charge in [0.2, 0.25) is 0 Å². The second-order valence-electron chi connectivity index (χ2n) is 9.54. The number of aromatic nitrogens is 4. The van der Waals surface area contributed by atoms with Gasteiger partial charge in [-0.05, 0) is 56.7 Å². The summed E-state index contributed by atoms with van der Waals surface area (Å²) in [6.07, 6.45) is 4.76. The number of nitrogens with one attached hydrogen (secondary N) is 2. The molecule has 1 aromatic carbocycles. The molecule has 0 radical (unpaired) electrons. The van der Waals surface area contributed by atoms with E-state index < -0.39 is 0 Å². The molecule has 3 heterocycles. The lowest BCUT2D eigenvalue weighted by atomic mass is 9.67. The number of carbonyl (C=O) groups is 3. The number of likely N-dealkylation sites (tertiary alicyclic amines) is 1. The molecule has 0 bridgehead atoms. The van der Waals surface area contributed by atoms with Crippen molar-refractivity contribution < 1.29 is 14.4 Å². The molecule has 1 fully saturated rings. The Morgan fingerprint density at radius 3 is 2.64 bits per heavy atom.